The number of ether oxygens (including phenoxy) is 2. The van der Waals surface area contributed by atoms with Crippen LogP contribution in [0.1, 0.15) is 69.9 Å². The van der Waals surface area contributed by atoms with Crippen LogP contribution in [-0.2, 0) is 25.0 Å². The number of carbonyl (C=O) groups is 1. The highest BCUT2D eigenvalue weighted by atomic mass is 31.2. The van der Waals surface area contributed by atoms with Gasteiger partial charge in [0.1, 0.15) is 17.3 Å². The van der Waals surface area contributed by atoms with Gasteiger partial charge < -0.3 is 14.0 Å². The standard InChI is InChI=1S/C24H33O6P/c1-6-7-8-9-19-13-22-24(21-12-16(2)10-11-20(21)17(3)29-22)23(14-19)30-31(5,26)28-15-27-18(4)25/h12-14,20-21H,3,6-11,15H2,1-2,4-5H3. The molecule has 2 aliphatic rings. The van der Waals surface area contributed by atoms with Gasteiger partial charge in [-0.25, -0.2) is 4.57 Å². The van der Waals surface area contributed by atoms with Crippen molar-refractivity contribution in [2.45, 2.75) is 65.2 Å². The van der Waals surface area contributed by atoms with E-state index >= 15 is 0 Å². The molecule has 3 unspecified atom stereocenters. The summed E-state index contributed by atoms with van der Waals surface area (Å²) in [7, 11) is -3.52. The van der Waals surface area contributed by atoms with Crippen LogP contribution in [0.4, 0.5) is 0 Å². The number of carbonyl (C=O) groups excluding carboxylic acids is 1. The number of aryl methyl sites for hydroxylation is 1. The molecule has 1 aliphatic carbocycles. The van der Waals surface area contributed by atoms with E-state index in [0.717, 1.165) is 55.4 Å². The molecule has 1 aromatic carbocycles. The average Bonchev–Trinajstić information content (AvgIpc) is 2.67. The summed E-state index contributed by atoms with van der Waals surface area (Å²) in [6.07, 6.45) is 8.38. The zero-order valence-corrected chi connectivity index (χ0v) is 19.8. The fourth-order valence-electron chi connectivity index (χ4n) is 4.21. The first-order valence-corrected chi connectivity index (χ1v) is 12.9. The van der Waals surface area contributed by atoms with E-state index in [0.29, 0.717) is 11.5 Å². The number of hydrogen-bond donors (Lipinski definition) is 0. The number of unbranched alkanes of at least 4 members (excludes halogenated alkanes) is 2. The van der Waals surface area contributed by atoms with Gasteiger partial charge in [-0.1, -0.05) is 38.0 Å². The minimum atomic E-state index is -3.52. The van der Waals surface area contributed by atoms with Gasteiger partial charge in [0, 0.05) is 24.3 Å². The minimum Gasteiger partial charge on any atom is -0.462 e. The lowest BCUT2D eigenvalue weighted by molar-refractivity contribution is -0.147. The van der Waals surface area contributed by atoms with Gasteiger partial charge in [-0.2, -0.15) is 0 Å². The topological polar surface area (TPSA) is 71.1 Å². The summed E-state index contributed by atoms with van der Waals surface area (Å²) < 4.78 is 35.1. The van der Waals surface area contributed by atoms with Gasteiger partial charge in [0.2, 0.25) is 6.79 Å². The number of hydrogen-bond acceptors (Lipinski definition) is 6. The fraction of sp³-hybridized carbons (Fsp3) is 0.542. The van der Waals surface area contributed by atoms with E-state index < -0.39 is 20.4 Å². The summed E-state index contributed by atoms with van der Waals surface area (Å²) in [5.41, 5.74) is 3.25. The Labute approximate surface area is 185 Å². The molecular weight excluding hydrogens is 415 g/mol. The van der Waals surface area contributed by atoms with E-state index in [1.54, 1.807) is 0 Å². The molecule has 1 heterocycles. The number of benzene rings is 1. The molecule has 0 saturated heterocycles. The third-order valence-corrected chi connectivity index (χ3v) is 6.88. The van der Waals surface area contributed by atoms with Crippen molar-refractivity contribution in [1.82, 2.24) is 0 Å². The molecule has 170 valence electrons. The van der Waals surface area contributed by atoms with Crippen LogP contribution >= 0.6 is 7.60 Å². The Bertz CT molecular complexity index is 919. The van der Waals surface area contributed by atoms with Crippen LogP contribution in [0.3, 0.4) is 0 Å². The van der Waals surface area contributed by atoms with Gasteiger partial charge in [0.15, 0.2) is 0 Å². The van der Waals surface area contributed by atoms with Crippen LogP contribution in [0, 0.1) is 5.92 Å². The van der Waals surface area contributed by atoms with Gasteiger partial charge in [0.05, 0.1) is 6.66 Å². The molecule has 7 heteroatoms. The predicted octanol–water partition coefficient (Wildman–Crippen LogP) is 6.50. The lowest BCUT2D eigenvalue weighted by Crippen LogP contribution is -2.26. The Morgan fingerprint density at radius 2 is 2.10 bits per heavy atom. The van der Waals surface area contributed by atoms with Crippen molar-refractivity contribution in [3.05, 3.63) is 47.2 Å². The Hall–Kier alpha value is -2.04. The van der Waals surface area contributed by atoms with Crippen LogP contribution in [0.2, 0.25) is 0 Å². The molecule has 0 radical (unpaired) electrons. The summed E-state index contributed by atoms with van der Waals surface area (Å²) in [6, 6.07) is 4.00. The monoisotopic (exact) mass is 448 g/mol. The summed E-state index contributed by atoms with van der Waals surface area (Å²) in [5.74, 6) is 1.68. The molecule has 6 nitrogen and oxygen atoms in total. The SMILES string of the molecule is C=C1Oc2cc(CCCCC)cc(OP(C)(=O)OCOC(C)=O)c2C2C=C(C)CCC12. The van der Waals surface area contributed by atoms with Crippen molar-refractivity contribution in [3.8, 4) is 11.5 Å². The lowest BCUT2D eigenvalue weighted by atomic mass is 9.74. The highest BCUT2D eigenvalue weighted by Crippen LogP contribution is 2.55. The van der Waals surface area contributed by atoms with Crippen molar-refractivity contribution in [1.29, 1.82) is 0 Å². The molecule has 3 atom stereocenters. The Balaban J connectivity index is 1.97. The van der Waals surface area contributed by atoms with E-state index in [1.165, 1.54) is 19.2 Å². The van der Waals surface area contributed by atoms with E-state index in [4.69, 9.17) is 18.5 Å². The second kappa shape index (κ2) is 10.1. The molecule has 1 aliphatic heterocycles. The Kier molecular flexibility index (Phi) is 7.66. The second-order valence-electron chi connectivity index (χ2n) is 8.46. The predicted molar refractivity (Wildman–Crippen MR) is 121 cm³/mol. The van der Waals surface area contributed by atoms with E-state index in [-0.39, 0.29) is 11.8 Å². The molecule has 31 heavy (non-hydrogen) atoms. The van der Waals surface area contributed by atoms with E-state index in [9.17, 15) is 9.36 Å². The number of fused-ring (bicyclic) bond motifs is 3. The normalized spacial score (nSPS) is 21.8. The van der Waals surface area contributed by atoms with Gasteiger partial charge in [0.25, 0.3) is 0 Å². The maximum atomic E-state index is 13.0. The van der Waals surface area contributed by atoms with Crippen molar-refractivity contribution in [2.75, 3.05) is 13.5 Å². The molecule has 0 aromatic heterocycles. The van der Waals surface area contributed by atoms with Crippen molar-refractivity contribution in [3.63, 3.8) is 0 Å². The highest BCUT2D eigenvalue weighted by molar-refractivity contribution is 7.53. The number of allylic oxidation sites excluding steroid dienone is 3. The molecule has 3 rings (SSSR count). The minimum absolute atomic E-state index is 0.0539. The molecule has 0 bridgehead atoms. The van der Waals surface area contributed by atoms with E-state index in [1.807, 2.05) is 6.07 Å². The lowest BCUT2D eigenvalue weighted by Gasteiger charge is -2.37. The van der Waals surface area contributed by atoms with E-state index in [2.05, 4.69) is 32.6 Å². The average molecular weight is 448 g/mol. The molecule has 1 aromatic rings. The molecule has 0 fully saturated rings. The molecular formula is C24H33O6P. The third kappa shape index (κ3) is 6.02. The number of esters is 1. The Morgan fingerprint density at radius 3 is 2.81 bits per heavy atom. The largest absolute Gasteiger partial charge is 0.462 e. The van der Waals surface area contributed by atoms with Crippen molar-refractivity contribution >= 4 is 13.6 Å². The smallest absolute Gasteiger partial charge is 0.379 e. The van der Waals surface area contributed by atoms with Crippen LogP contribution < -0.4 is 9.26 Å². The molecule has 0 saturated carbocycles. The van der Waals surface area contributed by atoms with Gasteiger partial charge in [-0.15, -0.1) is 0 Å². The van der Waals surface area contributed by atoms with Crippen LogP contribution in [0.5, 0.6) is 11.5 Å². The maximum absolute atomic E-state index is 13.0. The highest BCUT2D eigenvalue weighted by Gasteiger charge is 2.38. The first-order valence-electron chi connectivity index (χ1n) is 11.0. The van der Waals surface area contributed by atoms with Crippen LogP contribution in [0.15, 0.2) is 36.1 Å². The summed E-state index contributed by atoms with van der Waals surface area (Å²) >= 11 is 0. The van der Waals surface area contributed by atoms with Gasteiger partial charge >= 0.3 is 13.6 Å². The second-order valence-corrected chi connectivity index (χ2v) is 10.4. The molecule has 0 spiro atoms. The summed E-state index contributed by atoms with van der Waals surface area (Å²) in [4.78, 5) is 11.0. The van der Waals surface area contributed by atoms with Crippen LogP contribution in [0.25, 0.3) is 0 Å². The first-order chi connectivity index (χ1) is 14.7. The van der Waals surface area contributed by atoms with Gasteiger partial charge in [-0.05, 0) is 50.3 Å². The third-order valence-electron chi connectivity index (χ3n) is 5.78. The van der Waals surface area contributed by atoms with Crippen molar-refractivity contribution < 1.29 is 27.9 Å². The number of rotatable bonds is 9. The zero-order chi connectivity index (χ0) is 22.6. The summed E-state index contributed by atoms with van der Waals surface area (Å²) in [6.45, 7) is 10.7. The Morgan fingerprint density at radius 1 is 1.32 bits per heavy atom. The molecule has 0 N–H and O–H groups in total. The summed E-state index contributed by atoms with van der Waals surface area (Å²) in [5, 5.41) is 0. The van der Waals surface area contributed by atoms with Crippen molar-refractivity contribution in [2.24, 2.45) is 5.92 Å². The maximum Gasteiger partial charge on any atom is 0.379 e. The first kappa shape index (κ1) is 23.6. The quantitative estimate of drug-likeness (QED) is 0.141. The zero-order valence-electron chi connectivity index (χ0n) is 18.9. The molecule has 0 amide bonds. The van der Waals surface area contributed by atoms with Gasteiger partial charge in [-0.3, -0.25) is 9.32 Å². The fourth-order valence-corrected chi connectivity index (χ4v) is 5.01. The van der Waals surface area contributed by atoms with Crippen LogP contribution in [-0.4, -0.2) is 19.4 Å².